The number of rotatable bonds is 5. The maximum Gasteiger partial charge on any atom is 0.0638 e. The van der Waals surface area contributed by atoms with Gasteiger partial charge >= 0.3 is 0 Å². The standard InChI is InChI=1S/C14H26N4/c1-4-18-10-13(12(2)16-18)9-17(3)11-14-7-5-6-8-15-14/h10,14-15H,4-9,11H2,1-3H3/t14-/m0/s1. The van der Waals surface area contributed by atoms with Crippen molar-refractivity contribution in [1.29, 1.82) is 0 Å². The summed E-state index contributed by atoms with van der Waals surface area (Å²) in [7, 11) is 2.21. The average Bonchev–Trinajstić information content (AvgIpc) is 2.71. The minimum atomic E-state index is 0.672. The van der Waals surface area contributed by atoms with Gasteiger partial charge in [-0.05, 0) is 40.3 Å². The zero-order valence-electron chi connectivity index (χ0n) is 11.9. The summed E-state index contributed by atoms with van der Waals surface area (Å²) in [6.07, 6.45) is 6.21. The fraction of sp³-hybridized carbons (Fsp3) is 0.786. The Morgan fingerprint density at radius 3 is 2.94 bits per heavy atom. The molecule has 1 aliphatic rings. The van der Waals surface area contributed by atoms with Gasteiger partial charge in [-0.15, -0.1) is 0 Å². The van der Waals surface area contributed by atoms with E-state index in [2.05, 4.69) is 42.4 Å². The van der Waals surface area contributed by atoms with E-state index in [-0.39, 0.29) is 0 Å². The molecule has 0 spiro atoms. The summed E-state index contributed by atoms with van der Waals surface area (Å²) in [5.41, 5.74) is 2.52. The van der Waals surface area contributed by atoms with Crippen LogP contribution in [0.25, 0.3) is 0 Å². The van der Waals surface area contributed by atoms with E-state index in [1.165, 1.54) is 37.1 Å². The Bertz CT molecular complexity index is 366. The van der Waals surface area contributed by atoms with Crippen LogP contribution in [0.5, 0.6) is 0 Å². The van der Waals surface area contributed by atoms with Crippen molar-refractivity contribution in [2.75, 3.05) is 20.1 Å². The van der Waals surface area contributed by atoms with Crippen LogP contribution >= 0.6 is 0 Å². The van der Waals surface area contributed by atoms with E-state index in [1.807, 2.05) is 4.68 Å². The van der Waals surface area contributed by atoms with Crippen LogP contribution in [0.4, 0.5) is 0 Å². The lowest BCUT2D eigenvalue weighted by Gasteiger charge is -2.28. The third-order valence-electron chi connectivity index (χ3n) is 3.76. The number of likely N-dealkylation sites (N-methyl/N-ethyl adjacent to an activating group) is 1. The molecule has 102 valence electrons. The van der Waals surface area contributed by atoms with Crippen molar-refractivity contribution in [3.8, 4) is 0 Å². The van der Waals surface area contributed by atoms with Gasteiger partial charge in [0, 0.05) is 37.4 Å². The summed E-state index contributed by atoms with van der Waals surface area (Å²) in [6, 6.07) is 0.672. The number of hydrogen-bond acceptors (Lipinski definition) is 3. The third kappa shape index (κ3) is 3.56. The lowest BCUT2D eigenvalue weighted by Crippen LogP contribution is -2.42. The van der Waals surface area contributed by atoms with Gasteiger partial charge < -0.3 is 10.2 Å². The molecule has 1 aliphatic heterocycles. The number of nitrogens with one attached hydrogen (secondary N) is 1. The first-order valence-corrected chi connectivity index (χ1v) is 7.14. The third-order valence-corrected chi connectivity index (χ3v) is 3.76. The molecule has 0 aliphatic carbocycles. The molecule has 4 heteroatoms. The number of aryl methyl sites for hydroxylation is 2. The summed E-state index contributed by atoms with van der Waals surface area (Å²) in [5.74, 6) is 0. The SMILES string of the molecule is CCn1cc(CN(C)C[C@@H]2CCCCN2)c(C)n1. The van der Waals surface area contributed by atoms with Crippen molar-refractivity contribution in [3.63, 3.8) is 0 Å². The minimum Gasteiger partial charge on any atom is -0.313 e. The number of piperidine rings is 1. The van der Waals surface area contributed by atoms with Gasteiger partial charge in [-0.2, -0.15) is 5.10 Å². The van der Waals surface area contributed by atoms with Crippen LogP contribution in [0.1, 0.15) is 37.4 Å². The normalized spacial score (nSPS) is 20.6. The molecule has 1 aromatic rings. The maximum atomic E-state index is 4.50. The predicted octanol–water partition coefficient (Wildman–Crippen LogP) is 1.79. The lowest BCUT2D eigenvalue weighted by atomic mass is 10.0. The first kappa shape index (κ1) is 13.6. The molecular formula is C14H26N4. The van der Waals surface area contributed by atoms with Gasteiger partial charge in [0.05, 0.1) is 5.69 Å². The predicted molar refractivity (Wildman–Crippen MR) is 74.6 cm³/mol. The summed E-state index contributed by atoms with van der Waals surface area (Å²) in [5, 5.41) is 8.11. The van der Waals surface area contributed by atoms with E-state index in [9.17, 15) is 0 Å². The molecule has 0 aromatic carbocycles. The van der Waals surface area contributed by atoms with Gasteiger partial charge in [0.15, 0.2) is 0 Å². The molecule has 2 rings (SSSR count). The van der Waals surface area contributed by atoms with Crippen LogP contribution < -0.4 is 5.32 Å². The van der Waals surface area contributed by atoms with E-state index in [0.29, 0.717) is 6.04 Å². The summed E-state index contributed by atoms with van der Waals surface area (Å²) < 4.78 is 2.03. The molecule has 1 fully saturated rings. The van der Waals surface area contributed by atoms with Crippen molar-refractivity contribution in [2.24, 2.45) is 0 Å². The fourth-order valence-electron chi connectivity index (χ4n) is 2.69. The highest BCUT2D eigenvalue weighted by Crippen LogP contribution is 2.12. The molecule has 0 amide bonds. The average molecular weight is 250 g/mol. The molecule has 0 unspecified atom stereocenters. The fourth-order valence-corrected chi connectivity index (χ4v) is 2.69. The zero-order valence-corrected chi connectivity index (χ0v) is 11.9. The molecule has 0 saturated carbocycles. The molecular weight excluding hydrogens is 224 g/mol. The van der Waals surface area contributed by atoms with Crippen LogP contribution in [0.15, 0.2) is 6.20 Å². The quantitative estimate of drug-likeness (QED) is 0.865. The molecule has 4 nitrogen and oxygen atoms in total. The molecule has 1 saturated heterocycles. The second-order valence-corrected chi connectivity index (χ2v) is 5.44. The van der Waals surface area contributed by atoms with Crippen LogP contribution in [0.2, 0.25) is 0 Å². The van der Waals surface area contributed by atoms with Crippen molar-refractivity contribution in [3.05, 3.63) is 17.5 Å². The maximum absolute atomic E-state index is 4.50. The monoisotopic (exact) mass is 250 g/mol. The van der Waals surface area contributed by atoms with Crippen molar-refractivity contribution >= 4 is 0 Å². The summed E-state index contributed by atoms with van der Waals surface area (Å²) >= 11 is 0. The minimum absolute atomic E-state index is 0.672. The highest BCUT2D eigenvalue weighted by Gasteiger charge is 2.15. The first-order valence-electron chi connectivity index (χ1n) is 7.14. The Kier molecular flexibility index (Phi) is 4.78. The first-order chi connectivity index (χ1) is 8.69. The van der Waals surface area contributed by atoms with E-state index in [1.54, 1.807) is 0 Å². The Labute approximate surface area is 110 Å². The van der Waals surface area contributed by atoms with Crippen LogP contribution in [0, 0.1) is 6.92 Å². The van der Waals surface area contributed by atoms with Crippen LogP contribution in [0.3, 0.4) is 0 Å². The molecule has 0 radical (unpaired) electrons. The second kappa shape index (κ2) is 6.34. The molecule has 1 N–H and O–H groups in total. The van der Waals surface area contributed by atoms with Crippen molar-refractivity contribution in [1.82, 2.24) is 20.0 Å². The van der Waals surface area contributed by atoms with E-state index >= 15 is 0 Å². The van der Waals surface area contributed by atoms with Gasteiger partial charge in [0.2, 0.25) is 0 Å². The zero-order chi connectivity index (χ0) is 13.0. The van der Waals surface area contributed by atoms with Gasteiger partial charge in [-0.1, -0.05) is 6.42 Å². The molecule has 1 atom stereocenters. The number of aromatic nitrogens is 2. The van der Waals surface area contributed by atoms with E-state index < -0.39 is 0 Å². The van der Waals surface area contributed by atoms with Crippen molar-refractivity contribution in [2.45, 2.75) is 52.2 Å². The highest BCUT2D eigenvalue weighted by atomic mass is 15.3. The molecule has 1 aromatic heterocycles. The smallest absolute Gasteiger partial charge is 0.0638 e. The van der Waals surface area contributed by atoms with Gasteiger partial charge in [0.25, 0.3) is 0 Å². The van der Waals surface area contributed by atoms with Gasteiger partial charge in [-0.3, -0.25) is 4.68 Å². The number of hydrogen-bond donors (Lipinski definition) is 1. The summed E-state index contributed by atoms with van der Waals surface area (Å²) in [4.78, 5) is 2.41. The van der Waals surface area contributed by atoms with Gasteiger partial charge in [-0.25, -0.2) is 0 Å². The van der Waals surface area contributed by atoms with E-state index in [0.717, 1.165) is 19.6 Å². The summed E-state index contributed by atoms with van der Waals surface area (Å²) in [6.45, 7) is 8.51. The van der Waals surface area contributed by atoms with Crippen LogP contribution in [-0.2, 0) is 13.1 Å². The molecule has 0 bridgehead atoms. The molecule has 2 heterocycles. The lowest BCUT2D eigenvalue weighted by molar-refractivity contribution is 0.256. The Morgan fingerprint density at radius 2 is 2.33 bits per heavy atom. The Morgan fingerprint density at radius 1 is 1.50 bits per heavy atom. The molecule has 18 heavy (non-hydrogen) atoms. The van der Waals surface area contributed by atoms with Crippen molar-refractivity contribution < 1.29 is 0 Å². The Hall–Kier alpha value is -0.870. The highest BCUT2D eigenvalue weighted by molar-refractivity contribution is 5.15. The van der Waals surface area contributed by atoms with E-state index in [4.69, 9.17) is 0 Å². The topological polar surface area (TPSA) is 33.1 Å². The van der Waals surface area contributed by atoms with Gasteiger partial charge in [0.1, 0.15) is 0 Å². The largest absolute Gasteiger partial charge is 0.313 e. The number of nitrogens with zero attached hydrogens (tertiary/aromatic N) is 3. The Balaban J connectivity index is 1.85. The second-order valence-electron chi connectivity index (χ2n) is 5.44. The van der Waals surface area contributed by atoms with Crippen LogP contribution in [-0.4, -0.2) is 40.9 Å².